The van der Waals surface area contributed by atoms with Crippen LogP contribution in [0.5, 0.6) is 0 Å². The van der Waals surface area contributed by atoms with E-state index in [2.05, 4.69) is 30.8 Å². The average Bonchev–Trinajstić information content (AvgIpc) is 2.91. The van der Waals surface area contributed by atoms with E-state index in [0.29, 0.717) is 16.2 Å². The minimum Gasteiger partial charge on any atom is -0.371 e. The van der Waals surface area contributed by atoms with E-state index in [0.717, 1.165) is 38.0 Å². The highest BCUT2D eigenvalue weighted by atomic mass is 32.2. The van der Waals surface area contributed by atoms with Gasteiger partial charge in [0.15, 0.2) is 21.9 Å². The molecule has 7 nitrogen and oxygen atoms in total. The second-order valence-corrected chi connectivity index (χ2v) is 6.06. The highest BCUT2D eigenvalue weighted by molar-refractivity contribution is 7.99. The van der Waals surface area contributed by atoms with Crippen molar-refractivity contribution >= 4 is 17.6 Å². The summed E-state index contributed by atoms with van der Waals surface area (Å²) in [5, 5.41) is 15.7. The third-order valence-corrected chi connectivity index (χ3v) is 4.63. The maximum Gasteiger partial charge on any atom is 0.198 e. The van der Waals surface area contributed by atoms with Gasteiger partial charge in [-0.05, 0) is 37.7 Å². The summed E-state index contributed by atoms with van der Waals surface area (Å²) >= 11 is 1.28. The molecule has 0 aliphatic carbocycles. The summed E-state index contributed by atoms with van der Waals surface area (Å²) in [4.78, 5) is 8.11. The first-order chi connectivity index (χ1) is 10.7. The number of halogens is 1. The number of nitrogens with zero attached hydrogens (tertiary/aromatic N) is 5. The van der Waals surface area contributed by atoms with Crippen LogP contribution >= 0.6 is 11.8 Å². The molecule has 1 fully saturated rings. The van der Waals surface area contributed by atoms with E-state index in [1.807, 2.05) is 11.6 Å². The number of aromatic nitrogens is 5. The summed E-state index contributed by atoms with van der Waals surface area (Å²) in [7, 11) is 3.57. The van der Waals surface area contributed by atoms with Gasteiger partial charge in [-0.1, -0.05) is 0 Å². The van der Waals surface area contributed by atoms with Crippen LogP contribution in [0.3, 0.4) is 0 Å². The lowest BCUT2D eigenvalue weighted by atomic mass is 9.97. The van der Waals surface area contributed by atoms with Crippen LogP contribution in [0, 0.1) is 5.82 Å². The molecular formula is C13H18FN7S. The van der Waals surface area contributed by atoms with Crippen LogP contribution in [0.1, 0.15) is 24.6 Å². The second kappa shape index (κ2) is 6.57. The van der Waals surface area contributed by atoms with Crippen molar-refractivity contribution in [2.45, 2.75) is 29.1 Å². The van der Waals surface area contributed by atoms with E-state index in [9.17, 15) is 4.39 Å². The summed E-state index contributed by atoms with van der Waals surface area (Å²) in [6.07, 6.45) is 3.28. The van der Waals surface area contributed by atoms with Gasteiger partial charge in [-0.15, -0.1) is 10.2 Å². The van der Waals surface area contributed by atoms with Crippen molar-refractivity contribution in [3.63, 3.8) is 0 Å². The molecule has 3 heterocycles. The molecule has 118 valence electrons. The molecule has 1 aliphatic rings. The fourth-order valence-corrected chi connectivity index (χ4v) is 3.23. The monoisotopic (exact) mass is 323 g/mol. The van der Waals surface area contributed by atoms with Crippen molar-refractivity contribution in [3.8, 4) is 0 Å². The first-order valence-electron chi connectivity index (χ1n) is 7.17. The minimum absolute atomic E-state index is 0.179. The third kappa shape index (κ3) is 3.05. The SMILES string of the molecule is CNc1nc(Sc2nnc(C3CCNCC3)n2C)ncc1F. The molecule has 3 rings (SSSR count). The largest absolute Gasteiger partial charge is 0.371 e. The van der Waals surface area contributed by atoms with Crippen molar-refractivity contribution in [1.82, 2.24) is 30.0 Å². The van der Waals surface area contributed by atoms with Crippen molar-refractivity contribution in [1.29, 1.82) is 0 Å². The molecule has 0 radical (unpaired) electrons. The second-order valence-electron chi connectivity index (χ2n) is 5.13. The van der Waals surface area contributed by atoms with Gasteiger partial charge in [0.25, 0.3) is 0 Å². The normalized spacial score (nSPS) is 16.0. The predicted octanol–water partition coefficient (Wildman–Crippen LogP) is 1.40. The van der Waals surface area contributed by atoms with Crippen LogP contribution < -0.4 is 10.6 Å². The van der Waals surface area contributed by atoms with Gasteiger partial charge >= 0.3 is 0 Å². The molecule has 0 unspecified atom stereocenters. The van der Waals surface area contributed by atoms with Gasteiger partial charge in [-0.2, -0.15) is 0 Å². The smallest absolute Gasteiger partial charge is 0.198 e. The number of hydrogen-bond donors (Lipinski definition) is 2. The van der Waals surface area contributed by atoms with Crippen LogP contribution in [-0.4, -0.2) is 44.9 Å². The van der Waals surface area contributed by atoms with E-state index < -0.39 is 5.82 Å². The lowest BCUT2D eigenvalue weighted by Crippen LogP contribution is -2.27. The quantitative estimate of drug-likeness (QED) is 0.823. The van der Waals surface area contributed by atoms with E-state index in [1.54, 1.807) is 7.05 Å². The summed E-state index contributed by atoms with van der Waals surface area (Å²) in [5.74, 6) is 1.12. The van der Waals surface area contributed by atoms with Crippen LogP contribution in [0.2, 0.25) is 0 Å². The Kier molecular flexibility index (Phi) is 4.53. The zero-order chi connectivity index (χ0) is 15.5. The van der Waals surface area contributed by atoms with Crippen LogP contribution in [-0.2, 0) is 7.05 Å². The zero-order valence-electron chi connectivity index (χ0n) is 12.5. The molecule has 0 aromatic carbocycles. The first kappa shape index (κ1) is 15.2. The van der Waals surface area contributed by atoms with E-state index in [4.69, 9.17) is 0 Å². The van der Waals surface area contributed by atoms with Crippen LogP contribution in [0.25, 0.3) is 0 Å². The Morgan fingerprint density at radius 3 is 2.86 bits per heavy atom. The first-order valence-corrected chi connectivity index (χ1v) is 7.99. The molecule has 2 aromatic rings. The van der Waals surface area contributed by atoms with Crippen molar-refractivity contribution < 1.29 is 4.39 Å². The molecule has 22 heavy (non-hydrogen) atoms. The average molecular weight is 323 g/mol. The van der Waals surface area contributed by atoms with Crippen molar-refractivity contribution in [3.05, 3.63) is 17.8 Å². The molecule has 0 saturated carbocycles. The summed E-state index contributed by atoms with van der Waals surface area (Å²) < 4.78 is 15.4. The highest BCUT2D eigenvalue weighted by Gasteiger charge is 2.22. The van der Waals surface area contributed by atoms with Gasteiger partial charge < -0.3 is 15.2 Å². The Morgan fingerprint density at radius 2 is 2.14 bits per heavy atom. The lowest BCUT2D eigenvalue weighted by molar-refractivity contribution is 0.434. The summed E-state index contributed by atoms with van der Waals surface area (Å²) in [5.41, 5.74) is 0. The summed E-state index contributed by atoms with van der Waals surface area (Å²) in [6.45, 7) is 2.01. The molecule has 0 spiro atoms. The van der Waals surface area contributed by atoms with E-state index in [1.165, 1.54) is 11.8 Å². The molecule has 0 amide bonds. The van der Waals surface area contributed by atoms with Gasteiger partial charge in [0.2, 0.25) is 0 Å². The van der Waals surface area contributed by atoms with Crippen molar-refractivity contribution in [2.75, 3.05) is 25.5 Å². The Balaban J connectivity index is 1.79. The lowest BCUT2D eigenvalue weighted by Gasteiger charge is -2.21. The predicted molar refractivity (Wildman–Crippen MR) is 81.5 cm³/mol. The number of rotatable bonds is 4. The molecule has 9 heteroatoms. The fourth-order valence-electron chi connectivity index (χ4n) is 2.51. The Morgan fingerprint density at radius 1 is 1.36 bits per heavy atom. The van der Waals surface area contributed by atoms with E-state index in [-0.39, 0.29) is 5.82 Å². The molecular weight excluding hydrogens is 305 g/mol. The maximum atomic E-state index is 13.4. The standard InChI is InChI=1S/C13H18FN7S/c1-15-10-9(14)7-17-12(18-10)22-13-20-19-11(21(13)2)8-3-5-16-6-4-8/h7-8,16H,3-6H2,1-2H3,(H,15,17,18). The molecule has 1 aliphatic heterocycles. The maximum absolute atomic E-state index is 13.4. The van der Waals surface area contributed by atoms with Gasteiger partial charge in [-0.3, -0.25) is 0 Å². The van der Waals surface area contributed by atoms with Gasteiger partial charge in [0.1, 0.15) is 5.82 Å². The molecule has 2 aromatic heterocycles. The third-order valence-electron chi connectivity index (χ3n) is 3.71. The fraction of sp³-hybridized carbons (Fsp3) is 0.538. The van der Waals surface area contributed by atoms with Gasteiger partial charge in [0, 0.05) is 20.0 Å². The number of hydrogen-bond acceptors (Lipinski definition) is 7. The highest BCUT2D eigenvalue weighted by Crippen LogP contribution is 2.29. The number of piperidine rings is 1. The molecule has 0 bridgehead atoms. The zero-order valence-corrected chi connectivity index (χ0v) is 13.3. The van der Waals surface area contributed by atoms with Gasteiger partial charge in [0.05, 0.1) is 6.20 Å². The molecule has 1 saturated heterocycles. The summed E-state index contributed by atoms with van der Waals surface area (Å²) in [6, 6.07) is 0. The Labute approximate surface area is 132 Å². The minimum atomic E-state index is -0.472. The van der Waals surface area contributed by atoms with Crippen molar-refractivity contribution in [2.24, 2.45) is 7.05 Å². The Hall–Kier alpha value is -1.74. The number of nitrogens with one attached hydrogen (secondary N) is 2. The van der Waals surface area contributed by atoms with E-state index >= 15 is 0 Å². The van der Waals surface area contributed by atoms with Gasteiger partial charge in [-0.25, -0.2) is 14.4 Å². The molecule has 2 N–H and O–H groups in total. The molecule has 0 atom stereocenters. The van der Waals surface area contributed by atoms with Crippen LogP contribution in [0.15, 0.2) is 16.5 Å². The topological polar surface area (TPSA) is 80.5 Å². The number of anilines is 1. The Bertz CT molecular complexity index is 654. The van der Waals surface area contributed by atoms with Crippen LogP contribution in [0.4, 0.5) is 10.2 Å².